The Morgan fingerprint density at radius 3 is 2.74 bits per heavy atom. The number of carbonyl (C=O) groups excluding carboxylic acids is 1. The first-order valence-corrected chi connectivity index (χ1v) is 9.66. The maximum absolute atomic E-state index is 13.3. The Hall–Kier alpha value is -2.51. The Bertz CT molecular complexity index is 1050. The number of fused-ring (bicyclic) bond motifs is 1. The third-order valence-electron chi connectivity index (χ3n) is 4.56. The average molecular weight is 385 g/mol. The number of hydrogen-bond donors (Lipinski definition) is 1. The number of benzene rings is 1. The SMILES string of the molecule is COCCc1nc2scc(-c3ccc(C)cc3C)c2c(=O)n1CCC(N)=O. The van der Waals surface area contributed by atoms with Gasteiger partial charge in [-0.1, -0.05) is 23.8 Å². The number of thiophene rings is 1. The van der Waals surface area contributed by atoms with Crippen LogP contribution in [0.2, 0.25) is 0 Å². The van der Waals surface area contributed by atoms with Crippen LogP contribution >= 0.6 is 11.3 Å². The third-order valence-corrected chi connectivity index (χ3v) is 5.43. The Morgan fingerprint density at radius 2 is 2.07 bits per heavy atom. The molecule has 3 rings (SSSR count). The lowest BCUT2D eigenvalue weighted by atomic mass is 9.99. The summed E-state index contributed by atoms with van der Waals surface area (Å²) in [6, 6.07) is 6.18. The zero-order valence-electron chi connectivity index (χ0n) is 15.7. The highest BCUT2D eigenvalue weighted by molar-refractivity contribution is 7.17. The van der Waals surface area contributed by atoms with Gasteiger partial charge in [-0.3, -0.25) is 14.2 Å². The first-order valence-electron chi connectivity index (χ1n) is 8.78. The number of aromatic nitrogens is 2. The average Bonchev–Trinajstić information content (AvgIpc) is 3.03. The molecule has 0 aliphatic heterocycles. The highest BCUT2D eigenvalue weighted by Gasteiger charge is 2.18. The van der Waals surface area contributed by atoms with E-state index in [9.17, 15) is 9.59 Å². The van der Waals surface area contributed by atoms with Crippen molar-refractivity contribution in [1.29, 1.82) is 0 Å². The molecule has 0 saturated carbocycles. The molecule has 0 unspecified atom stereocenters. The summed E-state index contributed by atoms with van der Waals surface area (Å²) in [6.07, 6.45) is 0.591. The van der Waals surface area contributed by atoms with Crippen LogP contribution in [0.25, 0.3) is 21.3 Å². The number of primary amides is 1. The molecule has 3 aromatic rings. The number of methoxy groups -OCH3 is 1. The summed E-state index contributed by atoms with van der Waals surface area (Å²) in [5, 5.41) is 2.58. The van der Waals surface area contributed by atoms with E-state index in [-0.39, 0.29) is 18.5 Å². The molecule has 0 radical (unpaired) electrons. The molecule has 0 saturated heterocycles. The molecule has 0 aliphatic rings. The normalized spacial score (nSPS) is 11.2. The van der Waals surface area contributed by atoms with Gasteiger partial charge in [0.1, 0.15) is 10.7 Å². The fraction of sp³-hybridized carbons (Fsp3) is 0.350. The lowest BCUT2D eigenvalue weighted by molar-refractivity contribution is -0.118. The largest absolute Gasteiger partial charge is 0.384 e. The molecule has 0 bridgehead atoms. The summed E-state index contributed by atoms with van der Waals surface area (Å²) < 4.78 is 6.70. The molecular weight excluding hydrogens is 362 g/mol. The standard InChI is InChI=1S/C20H23N3O3S/c1-12-4-5-14(13(2)10-12)15-11-27-19-18(15)20(25)23(8-6-16(21)24)17(22-19)7-9-26-3/h4-5,10-11H,6-9H2,1-3H3,(H2,21,24). The number of amides is 1. The van der Waals surface area contributed by atoms with E-state index < -0.39 is 5.91 Å². The predicted molar refractivity (Wildman–Crippen MR) is 108 cm³/mol. The van der Waals surface area contributed by atoms with Crippen LogP contribution in [0.4, 0.5) is 0 Å². The smallest absolute Gasteiger partial charge is 0.262 e. The van der Waals surface area contributed by atoms with Gasteiger partial charge < -0.3 is 10.5 Å². The van der Waals surface area contributed by atoms with Crippen LogP contribution in [0.5, 0.6) is 0 Å². The van der Waals surface area contributed by atoms with Crippen molar-refractivity contribution in [2.24, 2.45) is 5.73 Å². The van der Waals surface area contributed by atoms with Gasteiger partial charge in [0.2, 0.25) is 5.91 Å². The molecule has 2 aromatic heterocycles. The molecule has 1 amide bonds. The van der Waals surface area contributed by atoms with Crippen LogP contribution in [0.15, 0.2) is 28.4 Å². The number of ether oxygens (including phenoxy) is 1. The Balaban J connectivity index is 2.20. The Kier molecular flexibility index (Phi) is 5.72. The van der Waals surface area contributed by atoms with Crippen LogP contribution in [-0.4, -0.2) is 29.2 Å². The second-order valence-electron chi connectivity index (χ2n) is 6.59. The van der Waals surface area contributed by atoms with E-state index in [1.54, 1.807) is 11.7 Å². The molecule has 2 heterocycles. The Morgan fingerprint density at radius 1 is 1.30 bits per heavy atom. The molecule has 7 heteroatoms. The summed E-state index contributed by atoms with van der Waals surface area (Å²) in [7, 11) is 1.60. The van der Waals surface area contributed by atoms with Crippen molar-refractivity contribution in [3.8, 4) is 11.1 Å². The van der Waals surface area contributed by atoms with Gasteiger partial charge in [0.25, 0.3) is 5.56 Å². The van der Waals surface area contributed by atoms with Gasteiger partial charge in [0, 0.05) is 37.4 Å². The van der Waals surface area contributed by atoms with E-state index >= 15 is 0 Å². The number of nitrogens with two attached hydrogens (primary N) is 1. The Labute approximate surface area is 161 Å². The monoisotopic (exact) mass is 385 g/mol. The highest BCUT2D eigenvalue weighted by Crippen LogP contribution is 2.33. The molecule has 1 aromatic carbocycles. The molecule has 6 nitrogen and oxygen atoms in total. The minimum absolute atomic E-state index is 0.0934. The number of carbonyl (C=O) groups is 1. The van der Waals surface area contributed by atoms with E-state index in [1.165, 1.54) is 16.9 Å². The molecule has 0 atom stereocenters. The van der Waals surface area contributed by atoms with Crippen molar-refractivity contribution in [1.82, 2.24) is 9.55 Å². The predicted octanol–water partition coefficient (Wildman–Crippen LogP) is 2.81. The maximum Gasteiger partial charge on any atom is 0.262 e. The molecule has 27 heavy (non-hydrogen) atoms. The summed E-state index contributed by atoms with van der Waals surface area (Å²) >= 11 is 1.46. The van der Waals surface area contributed by atoms with Gasteiger partial charge >= 0.3 is 0 Å². The zero-order chi connectivity index (χ0) is 19.6. The molecule has 0 spiro atoms. The van der Waals surface area contributed by atoms with Crippen LogP contribution < -0.4 is 11.3 Å². The summed E-state index contributed by atoms with van der Waals surface area (Å²) in [4.78, 5) is 29.9. The van der Waals surface area contributed by atoms with Gasteiger partial charge in [0.15, 0.2) is 0 Å². The third kappa shape index (κ3) is 3.94. The number of hydrogen-bond acceptors (Lipinski definition) is 5. The van der Waals surface area contributed by atoms with E-state index in [1.807, 2.05) is 31.4 Å². The van der Waals surface area contributed by atoms with E-state index in [0.29, 0.717) is 29.1 Å². The quantitative estimate of drug-likeness (QED) is 0.677. The van der Waals surface area contributed by atoms with E-state index in [4.69, 9.17) is 15.5 Å². The van der Waals surface area contributed by atoms with E-state index in [2.05, 4.69) is 6.07 Å². The van der Waals surface area contributed by atoms with Crippen LogP contribution in [-0.2, 0) is 22.5 Å². The topological polar surface area (TPSA) is 87.2 Å². The maximum atomic E-state index is 13.3. The second kappa shape index (κ2) is 8.02. The van der Waals surface area contributed by atoms with Gasteiger partial charge in [-0.15, -0.1) is 11.3 Å². The minimum atomic E-state index is -0.445. The van der Waals surface area contributed by atoms with Crippen molar-refractivity contribution in [3.63, 3.8) is 0 Å². The minimum Gasteiger partial charge on any atom is -0.384 e. The van der Waals surface area contributed by atoms with Crippen molar-refractivity contribution in [2.45, 2.75) is 33.2 Å². The number of rotatable bonds is 7. The van der Waals surface area contributed by atoms with Gasteiger partial charge in [-0.2, -0.15) is 0 Å². The van der Waals surface area contributed by atoms with Gasteiger partial charge in [-0.05, 0) is 25.0 Å². The molecule has 0 fully saturated rings. The van der Waals surface area contributed by atoms with Gasteiger partial charge in [-0.25, -0.2) is 4.98 Å². The van der Waals surface area contributed by atoms with Crippen molar-refractivity contribution in [2.75, 3.05) is 13.7 Å². The fourth-order valence-corrected chi connectivity index (χ4v) is 4.16. The first-order chi connectivity index (χ1) is 12.9. The second-order valence-corrected chi connectivity index (χ2v) is 7.45. The van der Waals surface area contributed by atoms with Crippen molar-refractivity contribution < 1.29 is 9.53 Å². The van der Waals surface area contributed by atoms with Crippen LogP contribution in [0, 0.1) is 13.8 Å². The van der Waals surface area contributed by atoms with Crippen molar-refractivity contribution >= 4 is 27.5 Å². The van der Waals surface area contributed by atoms with Gasteiger partial charge in [0.05, 0.1) is 12.0 Å². The zero-order valence-corrected chi connectivity index (χ0v) is 16.6. The molecule has 2 N–H and O–H groups in total. The summed E-state index contributed by atoms with van der Waals surface area (Å²) in [6.45, 7) is 4.75. The lowest BCUT2D eigenvalue weighted by Gasteiger charge is -2.12. The summed E-state index contributed by atoms with van der Waals surface area (Å²) in [5.41, 5.74) is 9.35. The van der Waals surface area contributed by atoms with Crippen LogP contribution in [0.1, 0.15) is 23.4 Å². The molecule has 0 aliphatic carbocycles. The number of nitrogens with zero attached hydrogens (tertiary/aromatic N) is 2. The number of aryl methyl sites for hydroxylation is 2. The van der Waals surface area contributed by atoms with Crippen molar-refractivity contribution in [3.05, 3.63) is 50.9 Å². The first kappa shape index (κ1) is 19.3. The fourth-order valence-electron chi connectivity index (χ4n) is 3.22. The highest BCUT2D eigenvalue weighted by atomic mass is 32.1. The molecular formula is C20H23N3O3S. The van der Waals surface area contributed by atoms with Crippen LogP contribution in [0.3, 0.4) is 0 Å². The molecule has 142 valence electrons. The van der Waals surface area contributed by atoms with E-state index in [0.717, 1.165) is 16.7 Å². The lowest BCUT2D eigenvalue weighted by Crippen LogP contribution is -2.28. The summed E-state index contributed by atoms with van der Waals surface area (Å²) in [5.74, 6) is 0.171.